The molecule has 0 spiro atoms. The summed E-state index contributed by atoms with van der Waals surface area (Å²) in [5.74, 6) is 3.60. The lowest BCUT2D eigenvalue weighted by atomic mass is 10.1. The van der Waals surface area contributed by atoms with E-state index in [1.807, 2.05) is 0 Å². The van der Waals surface area contributed by atoms with E-state index in [2.05, 4.69) is 24.0 Å². The fraction of sp³-hybridized carbons (Fsp3) is 1.00. The molecule has 2 nitrogen and oxygen atoms in total. The van der Waals surface area contributed by atoms with Gasteiger partial charge in [0.2, 0.25) is 0 Å². The molecule has 0 aromatic heterocycles. The van der Waals surface area contributed by atoms with Crippen molar-refractivity contribution in [2.45, 2.75) is 32.2 Å². The molecule has 1 rings (SSSR count). The van der Waals surface area contributed by atoms with E-state index < -0.39 is 0 Å². The van der Waals surface area contributed by atoms with Crippen LogP contribution in [0.25, 0.3) is 0 Å². The first-order chi connectivity index (χ1) is 6.86. The van der Waals surface area contributed by atoms with Crippen LogP contribution < -0.4 is 5.32 Å². The summed E-state index contributed by atoms with van der Waals surface area (Å²) in [7, 11) is 1.79. The Morgan fingerprint density at radius 1 is 1.57 bits per heavy atom. The van der Waals surface area contributed by atoms with Crippen LogP contribution in [0.15, 0.2) is 0 Å². The molecule has 1 aliphatic rings. The Balaban J connectivity index is 2.10. The van der Waals surface area contributed by atoms with Crippen molar-refractivity contribution in [2.75, 3.05) is 31.8 Å². The summed E-state index contributed by atoms with van der Waals surface area (Å²) in [6.07, 6.45) is 3.86. The molecule has 1 saturated heterocycles. The van der Waals surface area contributed by atoms with Crippen LogP contribution in [-0.4, -0.2) is 37.8 Å². The van der Waals surface area contributed by atoms with Crippen molar-refractivity contribution in [1.82, 2.24) is 5.32 Å². The molecule has 84 valence electrons. The summed E-state index contributed by atoms with van der Waals surface area (Å²) in [5, 5.41) is 3.63. The maximum absolute atomic E-state index is 5.20. The SMILES string of the molecule is CCCC(COC)NCC1CCSC1. The highest BCUT2D eigenvalue weighted by Crippen LogP contribution is 2.22. The van der Waals surface area contributed by atoms with E-state index in [9.17, 15) is 0 Å². The molecule has 1 heterocycles. The van der Waals surface area contributed by atoms with Gasteiger partial charge in [0.25, 0.3) is 0 Å². The van der Waals surface area contributed by atoms with Crippen LogP contribution in [0.1, 0.15) is 26.2 Å². The van der Waals surface area contributed by atoms with Crippen molar-refractivity contribution in [3.63, 3.8) is 0 Å². The number of nitrogens with one attached hydrogen (secondary N) is 1. The molecule has 2 unspecified atom stereocenters. The second kappa shape index (κ2) is 7.55. The van der Waals surface area contributed by atoms with Crippen LogP contribution in [-0.2, 0) is 4.74 Å². The Morgan fingerprint density at radius 3 is 3.00 bits per heavy atom. The van der Waals surface area contributed by atoms with Gasteiger partial charge < -0.3 is 10.1 Å². The third-order valence-electron chi connectivity index (χ3n) is 2.72. The van der Waals surface area contributed by atoms with E-state index in [1.165, 1.54) is 37.3 Å². The molecule has 2 atom stereocenters. The maximum atomic E-state index is 5.20. The lowest BCUT2D eigenvalue weighted by Gasteiger charge is -2.19. The molecule has 14 heavy (non-hydrogen) atoms. The van der Waals surface area contributed by atoms with Crippen LogP contribution in [0.4, 0.5) is 0 Å². The average Bonchev–Trinajstić information content (AvgIpc) is 2.67. The predicted molar refractivity (Wildman–Crippen MR) is 64.0 cm³/mol. The summed E-state index contributed by atoms with van der Waals surface area (Å²) >= 11 is 2.09. The van der Waals surface area contributed by atoms with Gasteiger partial charge in [0.1, 0.15) is 0 Å². The summed E-state index contributed by atoms with van der Waals surface area (Å²) < 4.78 is 5.20. The molecular formula is C11H23NOS. The molecule has 0 amide bonds. The van der Waals surface area contributed by atoms with Gasteiger partial charge in [-0.15, -0.1) is 0 Å². The van der Waals surface area contributed by atoms with Gasteiger partial charge in [-0.25, -0.2) is 0 Å². The first kappa shape index (κ1) is 12.3. The predicted octanol–water partition coefficient (Wildman–Crippen LogP) is 2.14. The zero-order valence-corrected chi connectivity index (χ0v) is 10.2. The monoisotopic (exact) mass is 217 g/mol. The maximum Gasteiger partial charge on any atom is 0.0615 e. The van der Waals surface area contributed by atoms with Gasteiger partial charge in [-0.3, -0.25) is 0 Å². The van der Waals surface area contributed by atoms with E-state index in [4.69, 9.17) is 4.74 Å². The Hall–Kier alpha value is 0.270. The number of hydrogen-bond acceptors (Lipinski definition) is 3. The van der Waals surface area contributed by atoms with Crippen molar-refractivity contribution in [3.05, 3.63) is 0 Å². The lowest BCUT2D eigenvalue weighted by molar-refractivity contribution is 0.160. The van der Waals surface area contributed by atoms with Gasteiger partial charge in [0, 0.05) is 13.2 Å². The minimum atomic E-state index is 0.565. The third-order valence-corrected chi connectivity index (χ3v) is 3.96. The lowest BCUT2D eigenvalue weighted by Crippen LogP contribution is -2.36. The van der Waals surface area contributed by atoms with Crippen molar-refractivity contribution in [3.8, 4) is 0 Å². The molecule has 3 heteroatoms. The van der Waals surface area contributed by atoms with E-state index in [1.54, 1.807) is 7.11 Å². The molecule has 1 N–H and O–H groups in total. The van der Waals surface area contributed by atoms with Crippen molar-refractivity contribution in [1.29, 1.82) is 0 Å². The number of rotatable bonds is 7. The smallest absolute Gasteiger partial charge is 0.0615 e. The van der Waals surface area contributed by atoms with Gasteiger partial charge in [-0.2, -0.15) is 11.8 Å². The molecule has 0 bridgehead atoms. The second-order valence-electron chi connectivity index (χ2n) is 4.08. The van der Waals surface area contributed by atoms with E-state index in [0.717, 1.165) is 12.5 Å². The Morgan fingerprint density at radius 2 is 2.43 bits per heavy atom. The highest BCUT2D eigenvalue weighted by molar-refractivity contribution is 7.99. The zero-order chi connectivity index (χ0) is 10.2. The minimum absolute atomic E-state index is 0.565. The van der Waals surface area contributed by atoms with Gasteiger partial charge in [0.15, 0.2) is 0 Å². The topological polar surface area (TPSA) is 21.3 Å². The standard InChI is InChI=1S/C11H23NOS/c1-3-4-11(8-13-2)12-7-10-5-6-14-9-10/h10-12H,3-9H2,1-2H3. The Labute approximate surface area is 92.2 Å². The minimum Gasteiger partial charge on any atom is -0.383 e. The van der Waals surface area contributed by atoms with Crippen molar-refractivity contribution >= 4 is 11.8 Å². The highest BCUT2D eigenvalue weighted by atomic mass is 32.2. The quantitative estimate of drug-likeness (QED) is 0.706. The Kier molecular flexibility index (Phi) is 6.65. The van der Waals surface area contributed by atoms with Gasteiger partial charge >= 0.3 is 0 Å². The average molecular weight is 217 g/mol. The van der Waals surface area contributed by atoms with E-state index in [-0.39, 0.29) is 0 Å². The molecule has 0 radical (unpaired) electrons. The van der Waals surface area contributed by atoms with Crippen LogP contribution >= 0.6 is 11.8 Å². The molecule has 0 aliphatic carbocycles. The van der Waals surface area contributed by atoms with Crippen LogP contribution in [0.2, 0.25) is 0 Å². The first-order valence-electron chi connectivity index (χ1n) is 5.66. The summed E-state index contributed by atoms with van der Waals surface area (Å²) in [4.78, 5) is 0. The van der Waals surface area contributed by atoms with Gasteiger partial charge in [-0.1, -0.05) is 13.3 Å². The molecular weight excluding hydrogens is 194 g/mol. The van der Waals surface area contributed by atoms with Crippen LogP contribution in [0.3, 0.4) is 0 Å². The van der Waals surface area contributed by atoms with Crippen molar-refractivity contribution in [2.24, 2.45) is 5.92 Å². The normalized spacial score (nSPS) is 24.0. The number of ether oxygens (including phenoxy) is 1. The molecule has 0 saturated carbocycles. The largest absolute Gasteiger partial charge is 0.383 e. The number of thioether (sulfide) groups is 1. The van der Waals surface area contributed by atoms with Crippen LogP contribution in [0, 0.1) is 5.92 Å². The fourth-order valence-corrected chi connectivity index (χ4v) is 3.16. The van der Waals surface area contributed by atoms with Gasteiger partial charge in [-0.05, 0) is 36.8 Å². The second-order valence-corrected chi connectivity index (χ2v) is 5.23. The number of hydrogen-bond donors (Lipinski definition) is 1. The van der Waals surface area contributed by atoms with Crippen molar-refractivity contribution < 1.29 is 4.74 Å². The summed E-state index contributed by atoms with van der Waals surface area (Å²) in [5.41, 5.74) is 0. The zero-order valence-electron chi connectivity index (χ0n) is 9.42. The first-order valence-corrected chi connectivity index (χ1v) is 6.82. The molecule has 1 aliphatic heterocycles. The number of methoxy groups -OCH3 is 1. The Bertz CT molecular complexity index is 131. The van der Waals surface area contributed by atoms with E-state index in [0.29, 0.717) is 6.04 Å². The van der Waals surface area contributed by atoms with Crippen LogP contribution in [0.5, 0.6) is 0 Å². The molecule has 0 aromatic rings. The summed E-state index contributed by atoms with van der Waals surface area (Å²) in [6.45, 7) is 4.27. The fourth-order valence-electron chi connectivity index (χ4n) is 1.87. The summed E-state index contributed by atoms with van der Waals surface area (Å²) in [6, 6.07) is 0.565. The third kappa shape index (κ3) is 4.67. The molecule has 1 fully saturated rings. The molecule has 0 aromatic carbocycles. The van der Waals surface area contributed by atoms with Gasteiger partial charge in [0.05, 0.1) is 6.61 Å². The highest BCUT2D eigenvalue weighted by Gasteiger charge is 2.16. The van der Waals surface area contributed by atoms with E-state index >= 15 is 0 Å².